The third kappa shape index (κ3) is 3.51. The monoisotopic (exact) mass is 363 g/mol. The van der Waals surface area contributed by atoms with E-state index in [4.69, 9.17) is 4.52 Å². The summed E-state index contributed by atoms with van der Waals surface area (Å²) in [5.74, 6) is 2.81. The zero-order valence-corrected chi connectivity index (χ0v) is 15.6. The van der Waals surface area contributed by atoms with E-state index in [0.717, 1.165) is 46.6 Å². The highest BCUT2D eigenvalue weighted by Crippen LogP contribution is 2.22. The fourth-order valence-electron chi connectivity index (χ4n) is 2.91. The molecule has 1 N–H and O–H groups in total. The normalized spacial score (nSPS) is 11.2. The fourth-order valence-corrected chi connectivity index (χ4v) is 2.91. The number of benzene rings is 1. The molecule has 0 saturated carbocycles. The summed E-state index contributed by atoms with van der Waals surface area (Å²) in [6.07, 6.45) is 3.64. The van der Waals surface area contributed by atoms with Crippen LogP contribution in [0.25, 0.3) is 22.4 Å². The minimum Gasteiger partial charge on any atom is -0.365 e. The van der Waals surface area contributed by atoms with Crippen molar-refractivity contribution in [3.05, 3.63) is 47.7 Å². The van der Waals surface area contributed by atoms with Crippen LogP contribution >= 0.6 is 0 Å². The van der Waals surface area contributed by atoms with Crippen LogP contribution in [0.4, 0.5) is 5.82 Å². The third-order valence-electron chi connectivity index (χ3n) is 4.31. The highest BCUT2D eigenvalue weighted by molar-refractivity contribution is 5.86. The van der Waals surface area contributed by atoms with Crippen LogP contribution in [-0.4, -0.2) is 29.9 Å². The molecule has 0 saturated heterocycles. The molecule has 0 aliphatic heterocycles. The minimum absolute atomic E-state index is 0.558. The van der Waals surface area contributed by atoms with Gasteiger partial charge in [-0.25, -0.2) is 9.97 Å². The number of hydrogen-bond donors (Lipinski definition) is 1. The Labute approximate surface area is 156 Å². The number of hydrogen-bond acceptors (Lipinski definition) is 7. The first-order valence-corrected chi connectivity index (χ1v) is 8.96. The highest BCUT2D eigenvalue weighted by atomic mass is 16.5. The van der Waals surface area contributed by atoms with Crippen LogP contribution in [0, 0.1) is 6.92 Å². The first-order chi connectivity index (χ1) is 13.1. The molecule has 4 aromatic rings. The average Bonchev–Trinajstić information content (AvgIpc) is 3.27. The van der Waals surface area contributed by atoms with Gasteiger partial charge in [-0.05, 0) is 12.0 Å². The summed E-state index contributed by atoms with van der Waals surface area (Å²) in [5, 5.41) is 12.6. The Morgan fingerprint density at radius 2 is 1.93 bits per heavy atom. The molecular formula is C19H21N7O. The van der Waals surface area contributed by atoms with E-state index in [1.165, 1.54) is 0 Å². The van der Waals surface area contributed by atoms with Crippen molar-refractivity contribution in [3.8, 4) is 11.4 Å². The standard InChI is InChI=1S/C19H21N7O/c1-4-5-16-23-18(15-11-21-26(3)19(15)24-16)20-10-13-6-8-14(9-7-13)17-22-12(2)27-25-17/h6-9,11H,4-5,10H2,1-3H3,(H,20,23,24). The van der Waals surface area contributed by atoms with Crippen molar-refractivity contribution in [2.24, 2.45) is 7.05 Å². The van der Waals surface area contributed by atoms with Crippen LogP contribution in [-0.2, 0) is 20.0 Å². The zero-order chi connectivity index (χ0) is 18.8. The second kappa shape index (κ2) is 7.14. The molecule has 4 rings (SSSR count). The van der Waals surface area contributed by atoms with Gasteiger partial charge in [-0.15, -0.1) is 0 Å². The van der Waals surface area contributed by atoms with Crippen molar-refractivity contribution in [1.29, 1.82) is 0 Å². The summed E-state index contributed by atoms with van der Waals surface area (Å²) in [4.78, 5) is 13.5. The van der Waals surface area contributed by atoms with Gasteiger partial charge in [0.2, 0.25) is 11.7 Å². The highest BCUT2D eigenvalue weighted by Gasteiger charge is 2.11. The molecule has 0 radical (unpaired) electrons. The van der Waals surface area contributed by atoms with Crippen molar-refractivity contribution >= 4 is 16.9 Å². The van der Waals surface area contributed by atoms with E-state index in [1.807, 2.05) is 31.3 Å². The maximum Gasteiger partial charge on any atom is 0.223 e. The molecule has 0 spiro atoms. The van der Waals surface area contributed by atoms with Crippen molar-refractivity contribution in [2.45, 2.75) is 33.2 Å². The summed E-state index contributed by atoms with van der Waals surface area (Å²) >= 11 is 0. The Bertz CT molecular complexity index is 1070. The Balaban J connectivity index is 1.54. The quantitative estimate of drug-likeness (QED) is 0.561. The molecule has 138 valence electrons. The number of fused-ring (bicyclic) bond motifs is 1. The average molecular weight is 363 g/mol. The molecule has 1 aromatic carbocycles. The summed E-state index contributed by atoms with van der Waals surface area (Å²) in [6, 6.07) is 8.07. The van der Waals surface area contributed by atoms with Crippen molar-refractivity contribution in [3.63, 3.8) is 0 Å². The third-order valence-corrected chi connectivity index (χ3v) is 4.31. The molecule has 0 aliphatic rings. The van der Waals surface area contributed by atoms with Crippen molar-refractivity contribution in [2.75, 3.05) is 5.32 Å². The Hall–Kier alpha value is -3.29. The first kappa shape index (κ1) is 17.1. The van der Waals surface area contributed by atoms with E-state index in [1.54, 1.807) is 17.8 Å². The lowest BCUT2D eigenvalue weighted by Crippen LogP contribution is -2.06. The number of nitrogens with one attached hydrogen (secondary N) is 1. The number of anilines is 1. The molecule has 0 atom stereocenters. The van der Waals surface area contributed by atoms with Gasteiger partial charge < -0.3 is 9.84 Å². The van der Waals surface area contributed by atoms with Gasteiger partial charge in [-0.3, -0.25) is 4.68 Å². The lowest BCUT2D eigenvalue weighted by Gasteiger charge is -2.09. The number of aromatic nitrogens is 6. The molecule has 0 unspecified atom stereocenters. The molecule has 3 aromatic heterocycles. The number of aryl methyl sites for hydroxylation is 3. The smallest absolute Gasteiger partial charge is 0.223 e. The van der Waals surface area contributed by atoms with Gasteiger partial charge in [0.05, 0.1) is 11.6 Å². The van der Waals surface area contributed by atoms with Gasteiger partial charge in [0.25, 0.3) is 0 Å². The fraction of sp³-hybridized carbons (Fsp3) is 0.316. The SMILES string of the molecule is CCCc1nc(NCc2ccc(-c3noc(C)n3)cc2)c2cnn(C)c2n1. The van der Waals surface area contributed by atoms with Crippen LogP contribution in [0.1, 0.15) is 30.6 Å². The van der Waals surface area contributed by atoms with Gasteiger partial charge in [0.15, 0.2) is 5.65 Å². The summed E-state index contributed by atoms with van der Waals surface area (Å²) in [7, 11) is 1.90. The Kier molecular flexibility index (Phi) is 4.53. The van der Waals surface area contributed by atoms with Crippen LogP contribution in [0.5, 0.6) is 0 Å². The number of nitrogens with zero attached hydrogens (tertiary/aromatic N) is 6. The summed E-state index contributed by atoms with van der Waals surface area (Å²) in [5.41, 5.74) is 2.91. The van der Waals surface area contributed by atoms with E-state index >= 15 is 0 Å². The van der Waals surface area contributed by atoms with Crippen LogP contribution < -0.4 is 5.32 Å². The van der Waals surface area contributed by atoms with Crippen LogP contribution in [0.2, 0.25) is 0 Å². The van der Waals surface area contributed by atoms with E-state index in [9.17, 15) is 0 Å². The maximum atomic E-state index is 5.03. The number of rotatable bonds is 6. The van der Waals surface area contributed by atoms with Crippen LogP contribution in [0.3, 0.4) is 0 Å². The minimum atomic E-state index is 0.558. The first-order valence-electron chi connectivity index (χ1n) is 8.96. The largest absolute Gasteiger partial charge is 0.365 e. The molecule has 0 fully saturated rings. The van der Waals surface area contributed by atoms with Gasteiger partial charge in [-0.2, -0.15) is 10.1 Å². The molecule has 0 amide bonds. The second-order valence-corrected chi connectivity index (χ2v) is 6.43. The lowest BCUT2D eigenvalue weighted by molar-refractivity contribution is 0.394. The Morgan fingerprint density at radius 3 is 2.63 bits per heavy atom. The Morgan fingerprint density at radius 1 is 1.11 bits per heavy atom. The molecular weight excluding hydrogens is 342 g/mol. The predicted molar refractivity (Wildman–Crippen MR) is 102 cm³/mol. The van der Waals surface area contributed by atoms with Gasteiger partial charge >= 0.3 is 0 Å². The lowest BCUT2D eigenvalue weighted by atomic mass is 10.1. The van der Waals surface area contributed by atoms with Crippen LogP contribution in [0.15, 0.2) is 35.0 Å². The molecule has 0 bridgehead atoms. The van der Waals surface area contributed by atoms with E-state index in [0.29, 0.717) is 18.3 Å². The maximum absolute atomic E-state index is 5.03. The molecule has 27 heavy (non-hydrogen) atoms. The van der Waals surface area contributed by atoms with E-state index < -0.39 is 0 Å². The van der Waals surface area contributed by atoms with E-state index in [-0.39, 0.29) is 0 Å². The van der Waals surface area contributed by atoms with Gasteiger partial charge in [0.1, 0.15) is 11.6 Å². The second-order valence-electron chi connectivity index (χ2n) is 6.43. The molecule has 0 aliphatic carbocycles. The molecule has 3 heterocycles. The van der Waals surface area contributed by atoms with Gasteiger partial charge in [0, 0.05) is 32.5 Å². The van der Waals surface area contributed by atoms with Crippen molar-refractivity contribution in [1.82, 2.24) is 29.9 Å². The van der Waals surface area contributed by atoms with Gasteiger partial charge in [-0.1, -0.05) is 36.3 Å². The summed E-state index contributed by atoms with van der Waals surface area (Å²) in [6.45, 7) is 4.55. The molecule has 8 heteroatoms. The zero-order valence-electron chi connectivity index (χ0n) is 15.6. The summed E-state index contributed by atoms with van der Waals surface area (Å²) < 4.78 is 6.81. The van der Waals surface area contributed by atoms with E-state index in [2.05, 4.69) is 37.4 Å². The van der Waals surface area contributed by atoms with Crippen molar-refractivity contribution < 1.29 is 4.52 Å². The topological polar surface area (TPSA) is 94.5 Å². The molecule has 8 nitrogen and oxygen atoms in total. The predicted octanol–water partition coefficient (Wildman–Crippen LogP) is 3.29.